The van der Waals surface area contributed by atoms with E-state index < -0.39 is 5.63 Å². The monoisotopic (exact) mass is 340 g/mol. The third kappa shape index (κ3) is 3.35. The summed E-state index contributed by atoms with van der Waals surface area (Å²) in [7, 11) is 0. The molecule has 0 N–H and O–H groups in total. The number of hydrogen-bond donors (Lipinski definition) is 0. The van der Waals surface area contributed by atoms with Crippen LogP contribution in [-0.4, -0.2) is 5.97 Å². The van der Waals surface area contributed by atoms with Gasteiger partial charge in [0.05, 0.1) is 0 Å². The number of ether oxygens (including phenoxy) is 1. The summed E-state index contributed by atoms with van der Waals surface area (Å²) < 4.78 is 10.8. The lowest BCUT2D eigenvalue weighted by molar-refractivity contribution is -0.146. The molecule has 132 valence electrons. The van der Waals surface area contributed by atoms with Crippen LogP contribution in [0.25, 0.3) is 11.0 Å². The van der Waals surface area contributed by atoms with E-state index in [2.05, 4.69) is 6.92 Å². The van der Waals surface area contributed by atoms with E-state index >= 15 is 0 Å². The van der Waals surface area contributed by atoms with E-state index in [1.165, 1.54) is 31.7 Å². The Morgan fingerprint density at radius 1 is 1.24 bits per heavy atom. The molecule has 1 aromatic heterocycles. The van der Waals surface area contributed by atoms with Crippen LogP contribution in [0, 0.1) is 17.8 Å². The maximum Gasteiger partial charge on any atom is 0.336 e. The zero-order valence-electron chi connectivity index (χ0n) is 14.6. The molecule has 4 nitrogen and oxygen atoms in total. The van der Waals surface area contributed by atoms with Gasteiger partial charge in [-0.15, -0.1) is 0 Å². The molecule has 0 radical (unpaired) electrons. The van der Waals surface area contributed by atoms with Crippen molar-refractivity contribution in [3.63, 3.8) is 0 Å². The minimum atomic E-state index is -0.403. The molecule has 3 atom stereocenters. The quantitative estimate of drug-likeness (QED) is 0.604. The molecule has 0 saturated heterocycles. The first-order valence-electron chi connectivity index (χ1n) is 9.33. The first-order chi connectivity index (χ1) is 12.1. The predicted octanol–water partition coefficient (Wildman–Crippen LogP) is 4.22. The van der Waals surface area contributed by atoms with Gasteiger partial charge in [0.25, 0.3) is 0 Å². The summed E-state index contributed by atoms with van der Waals surface area (Å²) in [4.78, 5) is 24.1. The minimum Gasteiger partial charge on any atom is -0.461 e. The van der Waals surface area contributed by atoms with E-state index in [4.69, 9.17) is 9.15 Å². The van der Waals surface area contributed by atoms with Crippen molar-refractivity contribution in [3.05, 3.63) is 45.8 Å². The van der Waals surface area contributed by atoms with Gasteiger partial charge in [-0.1, -0.05) is 25.5 Å². The molecule has 4 rings (SSSR count). The van der Waals surface area contributed by atoms with Crippen molar-refractivity contribution in [1.29, 1.82) is 0 Å². The smallest absolute Gasteiger partial charge is 0.336 e. The van der Waals surface area contributed by atoms with Crippen molar-refractivity contribution < 1.29 is 13.9 Å². The highest BCUT2D eigenvalue weighted by atomic mass is 16.5. The highest BCUT2D eigenvalue weighted by molar-refractivity contribution is 5.81. The maximum atomic E-state index is 12.2. The topological polar surface area (TPSA) is 56.5 Å². The Morgan fingerprint density at radius 3 is 2.84 bits per heavy atom. The van der Waals surface area contributed by atoms with Crippen LogP contribution in [0.3, 0.4) is 0 Å². The Labute approximate surface area is 147 Å². The number of carbonyl (C=O) groups excluding carboxylic acids is 1. The fraction of sp³-hybridized carbons (Fsp3) is 0.524. The van der Waals surface area contributed by atoms with Crippen LogP contribution in [0.2, 0.25) is 0 Å². The summed E-state index contributed by atoms with van der Waals surface area (Å²) in [6.07, 6.45) is 6.47. The molecule has 2 aromatic rings. The normalized spacial score (nSPS) is 24.8. The first kappa shape index (κ1) is 16.4. The summed E-state index contributed by atoms with van der Waals surface area (Å²) in [5, 5.41) is 0.838. The second-order valence-corrected chi connectivity index (χ2v) is 7.57. The molecule has 2 bridgehead atoms. The molecular formula is C21H24O4. The highest BCUT2D eigenvalue weighted by Gasteiger charge is 2.40. The van der Waals surface area contributed by atoms with Gasteiger partial charge in [0, 0.05) is 23.4 Å². The highest BCUT2D eigenvalue weighted by Crippen LogP contribution is 2.49. The summed E-state index contributed by atoms with van der Waals surface area (Å²) in [6.45, 7) is 2.19. The molecule has 0 spiro atoms. The average molecular weight is 340 g/mol. The molecule has 1 heterocycles. The van der Waals surface area contributed by atoms with Crippen LogP contribution in [0.15, 0.2) is 33.5 Å². The lowest BCUT2D eigenvalue weighted by Crippen LogP contribution is -2.17. The number of aryl methyl sites for hydroxylation is 1. The maximum absolute atomic E-state index is 12.2. The Balaban J connectivity index is 1.45. The van der Waals surface area contributed by atoms with E-state index in [1.54, 1.807) is 0 Å². The first-order valence-corrected chi connectivity index (χ1v) is 9.33. The van der Waals surface area contributed by atoms with Gasteiger partial charge in [-0.25, -0.2) is 4.79 Å². The van der Waals surface area contributed by atoms with E-state index in [9.17, 15) is 9.59 Å². The summed E-state index contributed by atoms with van der Waals surface area (Å²) in [6, 6.07) is 7.27. The van der Waals surface area contributed by atoms with Gasteiger partial charge in [-0.3, -0.25) is 4.79 Å². The lowest BCUT2D eigenvalue weighted by Gasteiger charge is -2.20. The van der Waals surface area contributed by atoms with Crippen molar-refractivity contribution in [1.82, 2.24) is 0 Å². The van der Waals surface area contributed by atoms with Crippen molar-refractivity contribution in [2.75, 3.05) is 0 Å². The van der Waals surface area contributed by atoms with Crippen LogP contribution in [0.1, 0.15) is 50.2 Å². The second kappa shape index (κ2) is 6.66. The molecular weight excluding hydrogens is 316 g/mol. The summed E-state index contributed by atoms with van der Waals surface area (Å²) in [5.41, 5.74) is 1.99. The van der Waals surface area contributed by atoms with Crippen LogP contribution >= 0.6 is 0 Å². The standard InChI is InChI=1S/C21H24O4/c1-2-13-4-6-18-17(11-21(23)25-19(18)9-13)12-24-20(22)10-16-8-14-3-5-15(16)7-14/h4,6,9,11,14-16H,2-3,5,7-8,10,12H2,1H3/t14-,15-,16-/m1/s1. The van der Waals surface area contributed by atoms with Gasteiger partial charge in [0.15, 0.2) is 0 Å². The number of rotatable bonds is 5. The molecule has 2 aliphatic rings. The SMILES string of the molecule is CCc1ccc2c(COC(=O)C[C@H]3C[C@@H]4CC[C@@H]3C4)cc(=O)oc2c1. The van der Waals surface area contributed by atoms with Gasteiger partial charge < -0.3 is 9.15 Å². The number of carbonyl (C=O) groups is 1. The molecule has 2 aliphatic carbocycles. The van der Waals surface area contributed by atoms with Gasteiger partial charge in [0.2, 0.25) is 0 Å². The van der Waals surface area contributed by atoms with Gasteiger partial charge >= 0.3 is 11.6 Å². The summed E-state index contributed by atoms with van der Waals surface area (Å²) in [5.74, 6) is 1.90. The zero-order chi connectivity index (χ0) is 17.4. The van der Waals surface area contributed by atoms with E-state index in [0.29, 0.717) is 17.9 Å². The molecule has 0 aliphatic heterocycles. The molecule has 0 unspecified atom stereocenters. The second-order valence-electron chi connectivity index (χ2n) is 7.57. The van der Waals surface area contributed by atoms with E-state index in [1.807, 2.05) is 18.2 Å². The predicted molar refractivity (Wildman–Crippen MR) is 95.2 cm³/mol. The fourth-order valence-corrected chi connectivity index (χ4v) is 4.67. The van der Waals surface area contributed by atoms with Crippen molar-refractivity contribution in [2.24, 2.45) is 17.8 Å². The lowest BCUT2D eigenvalue weighted by atomic mass is 9.86. The molecule has 0 amide bonds. The van der Waals surface area contributed by atoms with Crippen molar-refractivity contribution >= 4 is 16.9 Å². The van der Waals surface area contributed by atoms with E-state index in [-0.39, 0.29) is 12.6 Å². The van der Waals surface area contributed by atoms with Gasteiger partial charge in [-0.05, 0) is 55.1 Å². The summed E-state index contributed by atoms with van der Waals surface area (Å²) >= 11 is 0. The van der Waals surface area contributed by atoms with E-state index in [0.717, 1.165) is 34.8 Å². The average Bonchev–Trinajstić information content (AvgIpc) is 3.21. The minimum absolute atomic E-state index is 0.132. The largest absolute Gasteiger partial charge is 0.461 e. The third-order valence-electron chi connectivity index (χ3n) is 6.00. The Morgan fingerprint density at radius 2 is 2.12 bits per heavy atom. The van der Waals surface area contributed by atoms with Crippen LogP contribution in [0.5, 0.6) is 0 Å². The van der Waals surface area contributed by atoms with Gasteiger partial charge in [-0.2, -0.15) is 0 Å². The number of fused-ring (bicyclic) bond motifs is 3. The van der Waals surface area contributed by atoms with Gasteiger partial charge in [0.1, 0.15) is 12.2 Å². The molecule has 2 fully saturated rings. The van der Waals surface area contributed by atoms with Crippen LogP contribution < -0.4 is 5.63 Å². The number of esters is 1. The number of hydrogen-bond acceptors (Lipinski definition) is 4. The Hall–Kier alpha value is -2.10. The van der Waals surface area contributed by atoms with Crippen molar-refractivity contribution in [2.45, 2.75) is 52.1 Å². The number of benzene rings is 1. The molecule has 2 saturated carbocycles. The fourth-order valence-electron chi connectivity index (χ4n) is 4.67. The van der Waals surface area contributed by atoms with Crippen LogP contribution in [-0.2, 0) is 22.6 Å². The third-order valence-corrected chi connectivity index (χ3v) is 6.00. The zero-order valence-corrected chi connectivity index (χ0v) is 14.6. The molecule has 25 heavy (non-hydrogen) atoms. The Kier molecular flexibility index (Phi) is 4.36. The molecule has 1 aromatic carbocycles. The molecule has 4 heteroatoms. The Bertz CT molecular complexity index is 851. The van der Waals surface area contributed by atoms with Crippen molar-refractivity contribution in [3.8, 4) is 0 Å². The van der Waals surface area contributed by atoms with Crippen LogP contribution in [0.4, 0.5) is 0 Å².